The highest BCUT2D eigenvalue weighted by Gasteiger charge is 2.22. The molecule has 0 aliphatic carbocycles. The molecule has 0 heterocycles. The Kier molecular flexibility index (Phi) is 57.8. The third-order valence-corrected chi connectivity index (χ3v) is 14.4. The van der Waals surface area contributed by atoms with Gasteiger partial charge in [0.2, 0.25) is 0 Å². The summed E-state index contributed by atoms with van der Waals surface area (Å²) in [6, 6.07) is 0. The SMILES string of the molecule is CC/C=C\C/C=C\C/C=C\C/C=C\C/C=C\C/C=C\C/C=C\C/C=C\C/C=C\C/C=C\CCCCCCCCCCCCC(=O)OC(COC(=O)CCCCCCC/C=C\CCCCCCCCC)COP(=O)([O-])OCC[N+](C)(C)C. The maximum absolute atomic E-state index is 12.8. The largest absolute Gasteiger partial charge is 0.756 e. The Morgan fingerprint density at radius 2 is 0.704 bits per heavy atom. The number of phosphoric acid groups is 1. The van der Waals surface area contributed by atoms with Crippen molar-refractivity contribution in [2.45, 2.75) is 258 Å². The van der Waals surface area contributed by atoms with Crippen LogP contribution in [-0.4, -0.2) is 70.0 Å². The van der Waals surface area contributed by atoms with Crippen molar-refractivity contribution < 1.29 is 42.1 Å². The number of hydrogen-bond donors (Lipinski definition) is 0. The van der Waals surface area contributed by atoms with Gasteiger partial charge < -0.3 is 27.9 Å². The lowest BCUT2D eigenvalue weighted by Gasteiger charge is -2.28. The van der Waals surface area contributed by atoms with E-state index >= 15 is 0 Å². The molecule has 81 heavy (non-hydrogen) atoms. The number of unbranched alkanes of at least 4 members (excludes halogenated alkanes) is 22. The number of likely N-dealkylation sites (N-methyl/N-ethyl adjacent to an activating group) is 1. The zero-order chi connectivity index (χ0) is 59.1. The summed E-state index contributed by atoms with van der Waals surface area (Å²) in [6.45, 7) is 4.10. The molecule has 10 heteroatoms. The van der Waals surface area contributed by atoms with Gasteiger partial charge in [0.1, 0.15) is 19.8 Å². The molecule has 0 amide bonds. The van der Waals surface area contributed by atoms with E-state index in [0.29, 0.717) is 23.9 Å². The smallest absolute Gasteiger partial charge is 0.306 e. The fraction of sp³-hybridized carbons (Fsp3) is 0.662. The fourth-order valence-electron chi connectivity index (χ4n) is 8.44. The molecule has 0 aromatic carbocycles. The van der Waals surface area contributed by atoms with Crippen molar-refractivity contribution in [3.05, 3.63) is 134 Å². The Hall–Kier alpha value is -3.85. The van der Waals surface area contributed by atoms with E-state index in [-0.39, 0.29) is 26.1 Å². The molecule has 0 saturated heterocycles. The van der Waals surface area contributed by atoms with Crippen LogP contribution in [0.1, 0.15) is 251 Å². The predicted molar refractivity (Wildman–Crippen MR) is 346 cm³/mol. The Morgan fingerprint density at radius 1 is 0.395 bits per heavy atom. The van der Waals surface area contributed by atoms with Gasteiger partial charge >= 0.3 is 11.9 Å². The maximum Gasteiger partial charge on any atom is 0.306 e. The molecule has 0 rings (SSSR count). The molecular weight excluding hydrogens is 1030 g/mol. The van der Waals surface area contributed by atoms with Crippen molar-refractivity contribution in [3.63, 3.8) is 0 Å². The van der Waals surface area contributed by atoms with E-state index < -0.39 is 32.5 Å². The van der Waals surface area contributed by atoms with E-state index in [9.17, 15) is 19.0 Å². The molecule has 9 nitrogen and oxygen atoms in total. The number of phosphoric ester groups is 1. The van der Waals surface area contributed by atoms with Crippen LogP contribution in [0.5, 0.6) is 0 Å². The van der Waals surface area contributed by atoms with E-state index in [2.05, 4.69) is 148 Å². The molecule has 0 aliphatic heterocycles. The first kappa shape index (κ1) is 77.2. The standard InChI is InChI=1S/C71H120NO8P/c1-6-8-10-12-14-16-18-20-22-24-25-26-27-28-29-30-31-32-33-34-35-36-37-38-39-40-41-42-43-44-45-46-47-48-50-52-54-56-58-60-62-64-71(74)80-69(68-79-81(75,76)78-66-65-72(3,4)5)67-77-70(73)63-61-59-57-55-53-51-49-23-21-19-17-15-13-11-9-7-2/h8,10,14,16,20,22-23,25-26,28-29,31-32,34-35,37-38,40-41,43-44,49,69H,6-7,9,11-13,15,17-19,21,24,27,30,33,36,39,42,45-48,50-68H2,1-5H3/b10-8-,16-14-,22-20-,26-25-,29-28-,32-31-,35-34-,38-37-,41-40-,44-43-,49-23-. The molecule has 0 spiro atoms. The van der Waals surface area contributed by atoms with Crippen molar-refractivity contribution in [2.24, 2.45) is 0 Å². The van der Waals surface area contributed by atoms with Crippen molar-refractivity contribution in [1.29, 1.82) is 0 Å². The van der Waals surface area contributed by atoms with Crippen molar-refractivity contribution in [1.82, 2.24) is 0 Å². The number of hydrogen-bond acceptors (Lipinski definition) is 8. The number of quaternary nitrogens is 1. The molecule has 0 radical (unpaired) electrons. The number of ether oxygens (including phenoxy) is 2. The first-order chi connectivity index (χ1) is 39.5. The van der Waals surface area contributed by atoms with Crippen LogP contribution in [0, 0.1) is 0 Å². The second-order valence-corrected chi connectivity index (χ2v) is 23.8. The molecule has 0 bridgehead atoms. The molecule has 0 N–H and O–H groups in total. The van der Waals surface area contributed by atoms with E-state index in [1.165, 1.54) is 89.9 Å². The van der Waals surface area contributed by atoms with Crippen molar-refractivity contribution >= 4 is 19.8 Å². The van der Waals surface area contributed by atoms with Gasteiger partial charge in [0.15, 0.2) is 6.10 Å². The summed E-state index contributed by atoms with van der Waals surface area (Å²) < 4.78 is 34.2. The third-order valence-electron chi connectivity index (χ3n) is 13.4. The lowest BCUT2D eigenvalue weighted by Crippen LogP contribution is -2.37. The van der Waals surface area contributed by atoms with Gasteiger partial charge in [0.25, 0.3) is 7.82 Å². The Balaban J connectivity index is 4.09. The minimum Gasteiger partial charge on any atom is -0.756 e. The van der Waals surface area contributed by atoms with Crippen LogP contribution in [0.15, 0.2) is 134 Å². The molecule has 0 aromatic rings. The van der Waals surface area contributed by atoms with Gasteiger partial charge in [-0.2, -0.15) is 0 Å². The molecule has 0 aromatic heterocycles. The van der Waals surface area contributed by atoms with Gasteiger partial charge in [0.05, 0.1) is 27.7 Å². The maximum atomic E-state index is 12.8. The topological polar surface area (TPSA) is 111 Å². The average molecular weight is 1150 g/mol. The summed E-state index contributed by atoms with van der Waals surface area (Å²) in [5.74, 6) is -0.852. The lowest BCUT2D eigenvalue weighted by molar-refractivity contribution is -0.870. The zero-order valence-corrected chi connectivity index (χ0v) is 53.3. The highest BCUT2D eigenvalue weighted by molar-refractivity contribution is 7.45. The summed E-state index contributed by atoms with van der Waals surface area (Å²) in [5.41, 5.74) is 0. The van der Waals surface area contributed by atoms with Crippen LogP contribution in [0.2, 0.25) is 0 Å². The first-order valence-corrected chi connectivity index (χ1v) is 33.9. The van der Waals surface area contributed by atoms with Gasteiger partial charge in [-0.25, -0.2) is 0 Å². The summed E-state index contributed by atoms with van der Waals surface area (Å²) in [5, 5.41) is 0. The van der Waals surface area contributed by atoms with Crippen molar-refractivity contribution in [3.8, 4) is 0 Å². The quantitative estimate of drug-likeness (QED) is 0.0195. The monoisotopic (exact) mass is 1150 g/mol. The Bertz CT molecular complexity index is 1830. The molecule has 0 fully saturated rings. The predicted octanol–water partition coefficient (Wildman–Crippen LogP) is 20.2. The minimum atomic E-state index is -4.65. The molecule has 462 valence electrons. The van der Waals surface area contributed by atoms with Crippen LogP contribution in [0.4, 0.5) is 0 Å². The number of rotatable bonds is 58. The molecule has 0 aliphatic rings. The highest BCUT2D eigenvalue weighted by atomic mass is 31.2. The van der Waals surface area contributed by atoms with E-state index in [0.717, 1.165) is 122 Å². The number of carbonyl (C=O) groups excluding carboxylic acids is 2. The summed E-state index contributed by atoms with van der Waals surface area (Å²) in [7, 11) is 1.15. The molecule has 2 unspecified atom stereocenters. The lowest BCUT2D eigenvalue weighted by atomic mass is 10.0. The number of carbonyl (C=O) groups is 2. The summed E-state index contributed by atoms with van der Waals surface area (Å²) in [6.07, 6.45) is 88.0. The van der Waals surface area contributed by atoms with Gasteiger partial charge in [-0.3, -0.25) is 14.2 Å². The third kappa shape index (κ3) is 65.2. The number of nitrogens with zero attached hydrogens (tertiary/aromatic N) is 1. The van der Waals surface area contributed by atoms with Gasteiger partial charge in [-0.1, -0.05) is 257 Å². The van der Waals surface area contributed by atoms with Crippen LogP contribution in [0.25, 0.3) is 0 Å². The van der Waals surface area contributed by atoms with Crippen LogP contribution < -0.4 is 4.89 Å². The normalized spacial score (nSPS) is 14.1. The number of esters is 2. The molecule has 2 atom stereocenters. The fourth-order valence-corrected chi connectivity index (χ4v) is 9.17. The van der Waals surface area contributed by atoms with Crippen LogP contribution >= 0.6 is 7.82 Å². The zero-order valence-electron chi connectivity index (χ0n) is 52.4. The van der Waals surface area contributed by atoms with E-state index in [4.69, 9.17) is 18.5 Å². The minimum absolute atomic E-state index is 0.0382. The van der Waals surface area contributed by atoms with E-state index in [1.807, 2.05) is 21.1 Å². The van der Waals surface area contributed by atoms with Crippen LogP contribution in [-0.2, 0) is 32.7 Å². The Labute approximate surface area is 498 Å². The van der Waals surface area contributed by atoms with Crippen LogP contribution in [0.3, 0.4) is 0 Å². The second-order valence-electron chi connectivity index (χ2n) is 22.4. The van der Waals surface area contributed by atoms with Gasteiger partial charge in [-0.05, 0) is 116 Å². The molecular formula is C71H120NO8P. The Morgan fingerprint density at radius 3 is 1.06 bits per heavy atom. The second kappa shape index (κ2) is 60.7. The van der Waals surface area contributed by atoms with Gasteiger partial charge in [-0.15, -0.1) is 0 Å². The molecule has 0 saturated carbocycles. The summed E-state index contributed by atoms with van der Waals surface area (Å²) >= 11 is 0. The number of allylic oxidation sites excluding steroid dienone is 22. The van der Waals surface area contributed by atoms with Gasteiger partial charge in [0, 0.05) is 12.8 Å². The summed E-state index contributed by atoms with van der Waals surface area (Å²) in [4.78, 5) is 37.9. The highest BCUT2D eigenvalue weighted by Crippen LogP contribution is 2.38. The van der Waals surface area contributed by atoms with Crippen molar-refractivity contribution in [2.75, 3.05) is 47.5 Å². The average Bonchev–Trinajstić information content (AvgIpc) is 3.43. The first-order valence-electron chi connectivity index (χ1n) is 32.4. The van der Waals surface area contributed by atoms with E-state index in [1.54, 1.807) is 0 Å².